The number of hydrogen-bond donors (Lipinski definition) is 0. The van der Waals surface area contributed by atoms with Gasteiger partial charge in [0.2, 0.25) is 0 Å². The van der Waals surface area contributed by atoms with Crippen LogP contribution in [0.25, 0.3) is 22.3 Å². The highest BCUT2D eigenvalue weighted by molar-refractivity contribution is 6.18. The smallest absolute Gasteiger partial charge is 0.312 e. The molecule has 30 heavy (non-hydrogen) atoms. The number of ether oxygens (including phenoxy) is 1. The van der Waals surface area contributed by atoms with Gasteiger partial charge in [0.15, 0.2) is 0 Å². The van der Waals surface area contributed by atoms with Crippen molar-refractivity contribution in [2.75, 3.05) is 5.88 Å². The van der Waals surface area contributed by atoms with Gasteiger partial charge in [0.25, 0.3) is 0 Å². The van der Waals surface area contributed by atoms with Crippen LogP contribution in [-0.4, -0.2) is 11.8 Å². The molecular formula is C25H20ClNO3. The van der Waals surface area contributed by atoms with Crippen LogP contribution in [0.4, 0.5) is 5.69 Å². The SMILES string of the molecule is Cc1ccc2oc(-c3ccccc3)cc(=Nc3ccc(OC(=O)CCCl)cc3)c2c1. The summed E-state index contributed by atoms with van der Waals surface area (Å²) in [6.45, 7) is 2.04. The normalized spacial score (nSPS) is 11.6. The largest absolute Gasteiger partial charge is 0.456 e. The summed E-state index contributed by atoms with van der Waals surface area (Å²) in [5.41, 5.74) is 3.63. The molecule has 0 radical (unpaired) electrons. The standard InChI is InChI=1S/C25H20ClNO3/c1-17-7-12-23-21(15-17)22(16-24(30-23)18-5-3-2-4-6-18)27-19-8-10-20(11-9-19)29-25(28)13-14-26/h2-12,15-16H,13-14H2,1H3. The third kappa shape index (κ3) is 4.61. The zero-order chi connectivity index (χ0) is 20.9. The molecule has 4 aromatic rings. The summed E-state index contributed by atoms with van der Waals surface area (Å²) >= 11 is 5.57. The van der Waals surface area contributed by atoms with Gasteiger partial charge in [-0.3, -0.25) is 4.79 Å². The lowest BCUT2D eigenvalue weighted by Crippen LogP contribution is -2.07. The van der Waals surface area contributed by atoms with E-state index in [-0.39, 0.29) is 18.3 Å². The van der Waals surface area contributed by atoms with Crippen molar-refractivity contribution in [2.24, 2.45) is 4.99 Å². The second-order valence-corrected chi connectivity index (χ2v) is 7.26. The second kappa shape index (κ2) is 8.97. The van der Waals surface area contributed by atoms with Gasteiger partial charge < -0.3 is 9.15 Å². The summed E-state index contributed by atoms with van der Waals surface area (Å²) in [5.74, 6) is 1.10. The Bertz CT molecular complexity index is 1250. The highest BCUT2D eigenvalue weighted by Gasteiger charge is 2.07. The van der Waals surface area contributed by atoms with Crippen molar-refractivity contribution in [3.63, 3.8) is 0 Å². The first-order valence-electron chi connectivity index (χ1n) is 9.64. The molecule has 0 fully saturated rings. The molecule has 0 bridgehead atoms. The Morgan fingerprint density at radius 1 is 1.00 bits per heavy atom. The molecule has 5 heteroatoms. The molecule has 3 aromatic carbocycles. The molecule has 1 aromatic heterocycles. The van der Waals surface area contributed by atoms with Crippen molar-refractivity contribution in [3.8, 4) is 17.1 Å². The minimum absolute atomic E-state index is 0.175. The molecule has 0 saturated heterocycles. The zero-order valence-electron chi connectivity index (χ0n) is 16.5. The van der Waals surface area contributed by atoms with Crippen molar-refractivity contribution in [2.45, 2.75) is 13.3 Å². The Hall–Kier alpha value is -3.37. The lowest BCUT2D eigenvalue weighted by atomic mass is 10.1. The number of rotatable bonds is 5. The van der Waals surface area contributed by atoms with Gasteiger partial charge in [0, 0.05) is 22.9 Å². The molecule has 1 heterocycles. The molecule has 0 atom stereocenters. The van der Waals surface area contributed by atoms with Crippen molar-refractivity contribution in [1.29, 1.82) is 0 Å². The monoisotopic (exact) mass is 417 g/mol. The van der Waals surface area contributed by atoms with Crippen LogP contribution in [0.3, 0.4) is 0 Å². The van der Waals surface area contributed by atoms with Crippen LogP contribution in [0.5, 0.6) is 5.75 Å². The van der Waals surface area contributed by atoms with E-state index in [0.29, 0.717) is 5.75 Å². The molecule has 0 amide bonds. The first-order valence-corrected chi connectivity index (χ1v) is 10.2. The number of esters is 1. The van der Waals surface area contributed by atoms with Gasteiger partial charge in [0.05, 0.1) is 17.5 Å². The molecule has 0 N–H and O–H groups in total. The maximum Gasteiger partial charge on any atom is 0.312 e. The molecule has 150 valence electrons. The van der Waals surface area contributed by atoms with Crippen LogP contribution in [-0.2, 0) is 4.79 Å². The Morgan fingerprint density at radius 2 is 1.77 bits per heavy atom. The highest BCUT2D eigenvalue weighted by Crippen LogP contribution is 2.24. The summed E-state index contributed by atoms with van der Waals surface area (Å²) in [6, 6.07) is 25.0. The molecule has 4 nitrogen and oxygen atoms in total. The Labute approximate surface area is 179 Å². The quantitative estimate of drug-likeness (QED) is 0.221. The Kier molecular flexibility index (Phi) is 5.96. The molecule has 0 saturated carbocycles. The fraction of sp³-hybridized carbons (Fsp3) is 0.120. The average Bonchev–Trinajstić information content (AvgIpc) is 2.76. The highest BCUT2D eigenvalue weighted by atomic mass is 35.5. The van der Waals surface area contributed by atoms with Gasteiger partial charge in [-0.2, -0.15) is 0 Å². The van der Waals surface area contributed by atoms with Gasteiger partial charge in [-0.05, 0) is 43.3 Å². The predicted molar refractivity (Wildman–Crippen MR) is 119 cm³/mol. The van der Waals surface area contributed by atoms with E-state index in [9.17, 15) is 4.79 Å². The van der Waals surface area contributed by atoms with Crippen LogP contribution in [0.2, 0.25) is 0 Å². The van der Waals surface area contributed by atoms with Crippen molar-refractivity contribution in [1.82, 2.24) is 0 Å². The first-order chi connectivity index (χ1) is 14.6. The number of carbonyl (C=O) groups excluding carboxylic acids is 1. The molecule has 0 aliphatic carbocycles. The summed E-state index contributed by atoms with van der Waals surface area (Å²) < 4.78 is 11.4. The number of alkyl halides is 1. The molecular weight excluding hydrogens is 398 g/mol. The maximum absolute atomic E-state index is 11.6. The van der Waals surface area contributed by atoms with E-state index in [1.165, 1.54) is 0 Å². The predicted octanol–water partition coefficient (Wildman–Crippen LogP) is 6.17. The zero-order valence-corrected chi connectivity index (χ0v) is 17.2. The van der Waals surface area contributed by atoms with Crippen LogP contribution in [0.15, 0.2) is 88.3 Å². The van der Waals surface area contributed by atoms with E-state index in [0.717, 1.165) is 38.9 Å². The topological polar surface area (TPSA) is 51.8 Å². The maximum atomic E-state index is 11.6. The van der Waals surface area contributed by atoms with Gasteiger partial charge in [-0.15, -0.1) is 11.6 Å². The van der Waals surface area contributed by atoms with Crippen molar-refractivity contribution >= 4 is 34.2 Å². The lowest BCUT2D eigenvalue weighted by molar-refractivity contribution is -0.133. The van der Waals surface area contributed by atoms with Gasteiger partial charge in [0.1, 0.15) is 17.1 Å². The summed E-state index contributed by atoms with van der Waals surface area (Å²) in [6.07, 6.45) is 0.175. The Balaban J connectivity index is 1.78. The van der Waals surface area contributed by atoms with E-state index in [4.69, 9.17) is 25.7 Å². The number of carbonyl (C=O) groups is 1. The fourth-order valence-corrected chi connectivity index (χ4v) is 3.26. The number of nitrogens with zero attached hydrogens (tertiary/aromatic N) is 1. The number of halogens is 1. The summed E-state index contributed by atoms with van der Waals surface area (Å²) in [4.78, 5) is 16.4. The first kappa shape index (κ1) is 19.9. The second-order valence-electron chi connectivity index (χ2n) is 6.88. The molecule has 0 spiro atoms. The van der Waals surface area contributed by atoms with E-state index < -0.39 is 0 Å². The summed E-state index contributed by atoms with van der Waals surface area (Å²) in [7, 11) is 0. The minimum atomic E-state index is -0.353. The molecule has 0 unspecified atom stereocenters. The van der Waals surface area contributed by atoms with Crippen LogP contribution in [0.1, 0.15) is 12.0 Å². The van der Waals surface area contributed by atoms with E-state index in [2.05, 4.69) is 6.07 Å². The van der Waals surface area contributed by atoms with Gasteiger partial charge >= 0.3 is 5.97 Å². The van der Waals surface area contributed by atoms with Gasteiger partial charge in [-0.1, -0.05) is 42.0 Å². The molecule has 4 rings (SSSR count). The number of hydrogen-bond acceptors (Lipinski definition) is 4. The molecule has 0 aliphatic rings. The number of fused-ring (bicyclic) bond motifs is 1. The van der Waals surface area contributed by atoms with Crippen molar-refractivity contribution < 1.29 is 13.9 Å². The molecule has 0 aliphatic heterocycles. The van der Waals surface area contributed by atoms with E-state index in [1.54, 1.807) is 12.1 Å². The van der Waals surface area contributed by atoms with Crippen LogP contribution in [0, 0.1) is 6.92 Å². The van der Waals surface area contributed by atoms with Crippen LogP contribution < -0.4 is 10.1 Å². The number of aryl methyl sites for hydroxylation is 1. The van der Waals surface area contributed by atoms with E-state index in [1.807, 2.05) is 67.6 Å². The fourth-order valence-electron chi connectivity index (χ4n) is 3.11. The summed E-state index contributed by atoms with van der Waals surface area (Å²) in [5, 5.41) is 1.75. The average molecular weight is 418 g/mol. The van der Waals surface area contributed by atoms with Gasteiger partial charge in [-0.25, -0.2) is 4.99 Å². The minimum Gasteiger partial charge on any atom is -0.456 e. The Morgan fingerprint density at radius 3 is 2.50 bits per heavy atom. The third-order valence-electron chi connectivity index (χ3n) is 4.57. The number of benzene rings is 3. The van der Waals surface area contributed by atoms with Crippen molar-refractivity contribution in [3.05, 3.63) is 89.8 Å². The van der Waals surface area contributed by atoms with Crippen LogP contribution >= 0.6 is 11.6 Å². The lowest BCUT2D eigenvalue weighted by Gasteiger charge is -2.06. The van der Waals surface area contributed by atoms with E-state index >= 15 is 0 Å². The third-order valence-corrected chi connectivity index (χ3v) is 4.76.